The maximum atomic E-state index is 11.1. The van der Waals surface area contributed by atoms with E-state index in [0.29, 0.717) is 5.69 Å². The largest absolute Gasteiger partial charge is 0.321 e. The Morgan fingerprint density at radius 1 is 1.31 bits per heavy atom. The molecule has 0 fully saturated rings. The van der Waals surface area contributed by atoms with Gasteiger partial charge in [-0.25, -0.2) is 4.79 Å². The molecule has 3 N–H and O–H groups in total. The normalized spacial score (nSPS) is 10.9. The molecule has 1 rings (SSSR count). The average molecular weight is 244 g/mol. The van der Waals surface area contributed by atoms with Crippen LogP contribution in [0.3, 0.4) is 0 Å². The first kappa shape index (κ1) is 12.5. The highest BCUT2D eigenvalue weighted by molar-refractivity contribution is 7.85. The monoisotopic (exact) mass is 244 g/mol. The lowest BCUT2D eigenvalue weighted by molar-refractivity contribution is 0.253. The Labute approximate surface area is 93.4 Å². The van der Waals surface area contributed by atoms with E-state index in [4.69, 9.17) is 4.55 Å². The Bertz CT molecular complexity index is 467. The topological polar surface area (TPSA) is 95.5 Å². The van der Waals surface area contributed by atoms with Crippen LogP contribution in [-0.4, -0.2) is 24.9 Å². The van der Waals surface area contributed by atoms with Crippen molar-refractivity contribution >= 4 is 21.8 Å². The molecule has 1 aromatic carbocycles. The summed E-state index contributed by atoms with van der Waals surface area (Å²) in [6.07, 6.45) is 0. The molecule has 0 aliphatic carbocycles. The summed E-state index contributed by atoms with van der Waals surface area (Å²) in [5.74, 6) is -0.815. The number of rotatable bonds is 3. The van der Waals surface area contributed by atoms with Gasteiger partial charge in [-0.05, 0) is 19.1 Å². The van der Waals surface area contributed by atoms with Gasteiger partial charge in [0.05, 0.1) is 0 Å². The van der Waals surface area contributed by atoms with E-state index >= 15 is 0 Å². The van der Waals surface area contributed by atoms with E-state index in [1.165, 1.54) is 0 Å². The Morgan fingerprint density at radius 2 is 1.88 bits per heavy atom. The van der Waals surface area contributed by atoms with Crippen LogP contribution in [-0.2, 0) is 10.1 Å². The first-order valence-corrected chi connectivity index (χ1v) is 6.04. The molecule has 0 unspecified atom stereocenters. The molecule has 0 saturated heterocycles. The molecule has 0 radical (unpaired) electrons. The third-order valence-electron chi connectivity index (χ3n) is 1.72. The number of carbonyl (C=O) groups is 1. The zero-order valence-electron chi connectivity index (χ0n) is 8.60. The van der Waals surface area contributed by atoms with E-state index in [1.807, 2.05) is 12.2 Å². The van der Waals surface area contributed by atoms with Crippen LogP contribution in [0.25, 0.3) is 0 Å². The minimum atomic E-state index is -4.19. The van der Waals surface area contributed by atoms with Crippen molar-refractivity contribution in [2.75, 3.05) is 11.2 Å². The molecule has 0 aromatic heterocycles. The Kier molecular flexibility index (Phi) is 3.86. The number of hydrogen-bond acceptors (Lipinski definition) is 3. The summed E-state index contributed by atoms with van der Waals surface area (Å²) in [6, 6.07) is 6.28. The van der Waals surface area contributed by atoms with Crippen molar-refractivity contribution in [3.8, 4) is 0 Å². The summed E-state index contributed by atoms with van der Waals surface area (Å²) < 4.78 is 29.1. The van der Waals surface area contributed by atoms with Crippen molar-refractivity contribution in [1.29, 1.82) is 0 Å². The second-order valence-electron chi connectivity index (χ2n) is 3.22. The first-order valence-electron chi connectivity index (χ1n) is 4.43. The van der Waals surface area contributed by atoms with Crippen molar-refractivity contribution in [3.05, 3.63) is 29.8 Å². The number of amides is 2. The van der Waals surface area contributed by atoms with Crippen molar-refractivity contribution < 1.29 is 17.8 Å². The maximum absolute atomic E-state index is 11.1. The molecule has 0 aliphatic rings. The van der Waals surface area contributed by atoms with E-state index in [9.17, 15) is 13.2 Å². The molecule has 0 bridgehead atoms. The van der Waals surface area contributed by atoms with Gasteiger partial charge in [-0.1, -0.05) is 17.7 Å². The lowest BCUT2D eigenvalue weighted by atomic mass is 10.2. The lowest BCUT2D eigenvalue weighted by Crippen LogP contribution is -2.33. The second kappa shape index (κ2) is 4.95. The lowest BCUT2D eigenvalue weighted by Gasteiger charge is -2.06. The third-order valence-corrected chi connectivity index (χ3v) is 2.23. The summed E-state index contributed by atoms with van der Waals surface area (Å²) in [7, 11) is -4.19. The first-order chi connectivity index (χ1) is 7.37. The smallest absolute Gasteiger partial charge is 0.320 e. The summed E-state index contributed by atoms with van der Waals surface area (Å²) in [4.78, 5) is 11.1. The predicted molar refractivity (Wildman–Crippen MR) is 59.7 cm³/mol. The Balaban J connectivity index is 2.49. The van der Waals surface area contributed by atoms with Crippen LogP contribution in [0.2, 0.25) is 0 Å². The molecule has 7 heteroatoms. The number of anilines is 1. The maximum Gasteiger partial charge on any atom is 0.320 e. The van der Waals surface area contributed by atoms with E-state index in [0.717, 1.165) is 5.56 Å². The summed E-state index contributed by atoms with van der Waals surface area (Å²) >= 11 is 0. The number of carbonyl (C=O) groups excluding carboxylic acids is 1. The molecular weight excluding hydrogens is 232 g/mol. The van der Waals surface area contributed by atoms with Crippen molar-refractivity contribution in [2.24, 2.45) is 0 Å². The van der Waals surface area contributed by atoms with E-state index in [2.05, 4.69) is 5.32 Å². The van der Waals surface area contributed by atoms with Gasteiger partial charge < -0.3 is 10.6 Å². The molecule has 6 nitrogen and oxygen atoms in total. The van der Waals surface area contributed by atoms with Crippen molar-refractivity contribution in [2.45, 2.75) is 6.92 Å². The fraction of sp³-hybridized carbons (Fsp3) is 0.222. The predicted octanol–water partition coefficient (Wildman–Crippen LogP) is 0.962. The number of aryl methyl sites for hydroxylation is 1. The van der Waals surface area contributed by atoms with Gasteiger partial charge in [-0.15, -0.1) is 0 Å². The van der Waals surface area contributed by atoms with Gasteiger partial charge in [0.1, 0.15) is 5.88 Å². The molecule has 16 heavy (non-hydrogen) atoms. The number of nitrogens with one attached hydrogen (secondary N) is 2. The zero-order valence-corrected chi connectivity index (χ0v) is 9.41. The minimum absolute atomic E-state index is 0.540. The molecule has 0 heterocycles. The summed E-state index contributed by atoms with van der Waals surface area (Å²) in [5.41, 5.74) is 1.59. The molecule has 88 valence electrons. The van der Waals surface area contributed by atoms with Gasteiger partial charge in [0.25, 0.3) is 10.1 Å². The summed E-state index contributed by atoms with van der Waals surface area (Å²) in [6.45, 7) is 1.90. The SMILES string of the molecule is Cc1ccc(NC(=O)NCS(=O)(=O)O)cc1. The molecule has 0 aliphatic heterocycles. The quantitative estimate of drug-likeness (QED) is 0.690. The number of hydrogen-bond donors (Lipinski definition) is 3. The number of benzene rings is 1. The standard InChI is InChI=1S/C9H12N2O4S/c1-7-2-4-8(5-3-7)11-9(12)10-6-16(13,14)15/h2-5H,6H2,1H3,(H2,10,11,12)(H,13,14,15). The molecule has 0 atom stereocenters. The summed E-state index contributed by atoms with van der Waals surface area (Å²) in [5, 5.41) is 4.41. The molecular formula is C9H12N2O4S. The fourth-order valence-electron chi connectivity index (χ4n) is 0.969. The van der Waals surface area contributed by atoms with Crippen LogP contribution in [0.15, 0.2) is 24.3 Å². The van der Waals surface area contributed by atoms with Gasteiger partial charge >= 0.3 is 6.03 Å². The van der Waals surface area contributed by atoms with Gasteiger partial charge in [-0.3, -0.25) is 4.55 Å². The van der Waals surface area contributed by atoms with Gasteiger partial charge in [-0.2, -0.15) is 8.42 Å². The molecule has 2 amide bonds. The van der Waals surface area contributed by atoms with E-state index < -0.39 is 22.0 Å². The van der Waals surface area contributed by atoms with Gasteiger partial charge in [0, 0.05) is 5.69 Å². The van der Waals surface area contributed by atoms with Crippen LogP contribution in [0.5, 0.6) is 0 Å². The van der Waals surface area contributed by atoms with E-state index in [-0.39, 0.29) is 0 Å². The van der Waals surface area contributed by atoms with Crippen LogP contribution in [0.1, 0.15) is 5.56 Å². The van der Waals surface area contributed by atoms with Gasteiger partial charge in [0.2, 0.25) is 0 Å². The molecule has 1 aromatic rings. The second-order valence-corrected chi connectivity index (χ2v) is 4.68. The van der Waals surface area contributed by atoms with Crippen LogP contribution in [0.4, 0.5) is 10.5 Å². The van der Waals surface area contributed by atoms with Crippen molar-refractivity contribution in [3.63, 3.8) is 0 Å². The van der Waals surface area contributed by atoms with Crippen LogP contribution < -0.4 is 10.6 Å². The number of urea groups is 1. The van der Waals surface area contributed by atoms with Gasteiger partial charge in [0.15, 0.2) is 0 Å². The average Bonchev–Trinajstić information content (AvgIpc) is 2.18. The highest BCUT2D eigenvalue weighted by atomic mass is 32.2. The molecule has 0 spiro atoms. The third kappa shape index (κ3) is 4.76. The fourth-order valence-corrected chi connectivity index (χ4v) is 1.28. The van der Waals surface area contributed by atoms with Crippen molar-refractivity contribution in [1.82, 2.24) is 5.32 Å². The Morgan fingerprint density at radius 3 is 2.38 bits per heavy atom. The highest BCUT2D eigenvalue weighted by Gasteiger charge is 2.07. The van der Waals surface area contributed by atoms with Crippen LogP contribution in [0, 0.1) is 6.92 Å². The van der Waals surface area contributed by atoms with E-state index in [1.54, 1.807) is 24.3 Å². The zero-order chi connectivity index (χ0) is 12.2. The molecule has 0 saturated carbocycles. The minimum Gasteiger partial charge on any atom is -0.321 e. The Hall–Kier alpha value is -1.60. The van der Waals surface area contributed by atoms with Crippen LogP contribution >= 0.6 is 0 Å². The highest BCUT2D eigenvalue weighted by Crippen LogP contribution is 2.07.